The molecule has 0 saturated heterocycles. The summed E-state index contributed by atoms with van der Waals surface area (Å²) < 4.78 is 0. The first kappa shape index (κ1) is 8.53. The standard InChI is InChI=1S/C9H16N4/c10-9(11)13-12-5-8-4-6-1-2-7(8)3-6/h5-8H,1-4H2,(H4,10,11,13)/b12-5+. The van der Waals surface area contributed by atoms with E-state index in [2.05, 4.69) is 10.2 Å². The molecule has 2 saturated carbocycles. The summed E-state index contributed by atoms with van der Waals surface area (Å²) in [7, 11) is 0. The smallest absolute Gasteiger partial charge is 0.211 e. The van der Waals surface area contributed by atoms with Gasteiger partial charge in [0.2, 0.25) is 5.96 Å². The molecule has 4 heteroatoms. The van der Waals surface area contributed by atoms with Crippen molar-refractivity contribution < 1.29 is 0 Å². The maximum Gasteiger partial charge on any atom is 0.211 e. The van der Waals surface area contributed by atoms with Gasteiger partial charge in [0.15, 0.2) is 0 Å². The van der Waals surface area contributed by atoms with Crippen LogP contribution in [0.25, 0.3) is 0 Å². The van der Waals surface area contributed by atoms with Gasteiger partial charge in [-0.2, -0.15) is 5.10 Å². The molecule has 0 heterocycles. The maximum atomic E-state index is 5.17. The molecule has 2 bridgehead atoms. The van der Waals surface area contributed by atoms with Gasteiger partial charge in [-0.05, 0) is 37.0 Å². The highest BCUT2D eigenvalue weighted by atomic mass is 15.3. The van der Waals surface area contributed by atoms with Crippen LogP contribution in [0.3, 0.4) is 0 Å². The fraction of sp³-hybridized carbons (Fsp3) is 0.778. The molecule has 0 aliphatic heterocycles. The summed E-state index contributed by atoms with van der Waals surface area (Å²) in [4.78, 5) is 0. The van der Waals surface area contributed by atoms with E-state index < -0.39 is 0 Å². The van der Waals surface area contributed by atoms with Crippen molar-refractivity contribution in [1.82, 2.24) is 0 Å². The molecular weight excluding hydrogens is 164 g/mol. The summed E-state index contributed by atoms with van der Waals surface area (Å²) in [6.45, 7) is 0. The van der Waals surface area contributed by atoms with Crippen molar-refractivity contribution in [3.05, 3.63) is 0 Å². The number of rotatable bonds is 2. The van der Waals surface area contributed by atoms with E-state index in [0.29, 0.717) is 5.92 Å². The second-order valence-electron chi connectivity index (χ2n) is 4.13. The molecule has 2 aliphatic carbocycles. The predicted molar refractivity (Wildman–Crippen MR) is 53.2 cm³/mol. The zero-order valence-electron chi connectivity index (χ0n) is 7.69. The first-order chi connectivity index (χ1) is 6.25. The van der Waals surface area contributed by atoms with E-state index >= 15 is 0 Å². The van der Waals surface area contributed by atoms with Crippen molar-refractivity contribution in [3.8, 4) is 0 Å². The lowest BCUT2D eigenvalue weighted by Crippen LogP contribution is -2.22. The van der Waals surface area contributed by atoms with Gasteiger partial charge >= 0.3 is 0 Å². The highest BCUT2D eigenvalue weighted by molar-refractivity contribution is 5.76. The predicted octanol–water partition coefficient (Wildman–Crippen LogP) is 0.682. The first-order valence-corrected chi connectivity index (χ1v) is 4.88. The fourth-order valence-electron chi connectivity index (χ4n) is 2.66. The highest BCUT2D eigenvalue weighted by Crippen LogP contribution is 2.47. The summed E-state index contributed by atoms with van der Waals surface area (Å²) in [6.07, 6.45) is 7.37. The minimum absolute atomic E-state index is 0.0411. The van der Waals surface area contributed by atoms with Crippen LogP contribution in [-0.2, 0) is 0 Å². The Labute approximate surface area is 78.1 Å². The number of nitrogens with zero attached hydrogens (tertiary/aromatic N) is 2. The monoisotopic (exact) mass is 180 g/mol. The third-order valence-electron chi connectivity index (χ3n) is 3.22. The van der Waals surface area contributed by atoms with E-state index in [1.165, 1.54) is 25.7 Å². The zero-order chi connectivity index (χ0) is 9.26. The molecule has 2 aliphatic rings. The van der Waals surface area contributed by atoms with Crippen molar-refractivity contribution in [3.63, 3.8) is 0 Å². The Morgan fingerprint density at radius 1 is 1.23 bits per heavy atom. The lowest BCUT2D eigenvalue weighted by Gasteiger charge is -2.15. The summed E-state index contributed by atoms with van der Waals surface area (Å²) in [5, 5.41) is 7.50. The van der Waals surface area contributed by atoms with Crippen LogP contribution < -0.4 is 11.5 Å². The van der Waals surface area contributed by atoms with Gasteiger partial charge in [-0.15, -0.1) is 5.10 Å². The molecule has 0 aromatic carbocycles. The van der Waals surface area contributed by atoms with Gasteiger partial charge in [-0.1, -0.05) is 6.42 Å². The van der Waals surface area contributed by atoms with Gasteiger partial charge in [-0.25, -0.2) is 0 Å². The molecule has 0 aromatic rings. The molecule has 0 aromatic heterocycles. The van der Waals surface area contributed by atoms with Crippen LogP contribution in [0.4, 0.5) is 0 Å². The SMILES string of the molecule is NC(N)=N/N=C/C1CC2CCC1C2. The number of nitrogens with two attached hydrogens (primary N) is 2. The van der Waals surface area contributed by atoms with Crippen LogP contribution in [0, 0.1) is 17.8 Å². The fourth-order valence-corrected chi connectivity index (χ4v) is 2.66. The quantitative estimate of drug-likeness (QED) is 0.372. The minimum Gasteiger partial charge on any atom is -0.369 e. The Hall–Kier alpha value is -1.06. The second-order valence-corrected chi connectivity index (χ2v) is 4.13. The lowest BCUT2D eigenvalue weighted by atomic mass is 9.90. The molecule has 13 heavy (non-hydrogen) atoms. The van der Waals surface area contributed by atoms with Crippen LogP contribution >= 0.6 is 0 Å². The van der Waals surface area contributed by atoms with Crippen LogP contribution in [-0.4, -0.2) is 12.2 Å². The first-order valence-electron chi connectivity index (χ1n) is 4.88. The van der Waals surface area contributed by atoms with Crippen molar-refractivity contribution in [2.75, 3.05) is 0 Å². The van der Waals surface area contributed by atoms with Gasteiger partial charge in [0.05, 0.1) is 0 Å². The molecule has 3 atom stereocenters. The van der Waals surface area contributed by atoms with Gasteiger partial charge in [0.1, 0.15) is 0 Å². The Bertz CT molecular complexity index is 242. The summed E-state index contributed by atoms with van der Waals surface area (Å²) in [5.74, 6) is 2.46. The van der Waals surface area contributed by atoms with Crippen LogP contribution in [0.2, 0.25) is 0 Å². The molecule has 2 rings (SSSR count). The normalized spacial score (nSPS) is 37.1. The summed E-state index contributed by atoms with van der Waals surface area (Å²) >= 11 is 0. The molecule has 0 radical (unpaired) electrons. The van der Waals surface area contributed by atoms with Crippen LogP contribution in [0.5, 0.6) is 0 Å². The Morgan fingerprint density at radius 3 is 2.62 bits per heavy atom. The highest BCUT2D eigenvalue weighted by Gasteiger charge is 2.38. The number of fused-ring (bicyclic) bond motifs is 2. The average molecular weight is 180 g/mol. The lowest BCUT2D eigenvalue weighted by molar-refractivity contribution is 0.420. The van der Waals surface area contributed by atoms with Crippen molar-refractivity contribution in [1.29, 1.82) is 0 Å². The van der Waals surface area contributed by atoms with E-state index in [0.717, 1.165) is 11.8 Å². The molecular formula is C9H16N4. The van der Waals surface area contributed by atoms with E-state index in [4.69, 9.17) is 11.5 Å². The Kier molecular flexibility index (Phi) is 2.20. The third kappa shape index (κ3) is 1.82. The van der Waals surface area contributed by atoms with Crippen molar-refractivity contribution in [2.24, 2.45) is 39.4 Å². The summed E-state index contributed by atoms with van der Waals surface area (Å²) in [5.41, 5.74) is 10.3. The Morgan fingerprint density at radius 2 is 2.08 bits per heavy atom. The molecule has 4 nitrogen and oxygen atoms in total. The molecule has 0 spiro atoms. The largest absolute Gasteiger partial charge is 0.369 e. The number of guanidine groups is 1. The number of hydrogen-bond donors (Lipinski definition) is 2. The number of hydrogen-bond acceptors (Lipinski definition) is 2. The van der Waals surface area contributed by atoms with E-state index in [1.807, 2.05) is 6.21 Å². The van der Waals surface area contributed by atoms with Gasteiger partial charge < -0.3 is 11.5 Å². The van der Waals surface area contributed by atoms with Crippen LogP contribution in [0.15, 0.2) is 10.2 Å². The van der Waals surface area contributed by atoms with E-state index in [9.17, 15) is 0 Å². The molecule has 0 amide bonds. The zero-order valence-corrected chi connectivity index (χ0v) is 7.69. The third-order valence-corrected chi connectivity index (χ3v) is 3.22. The van der Waals surface area contributed by atoms with Crippen molar-refractivity contribution >= 4 is 12.2 Å². The second kappa shape index (κ2) is 3.36. The Balaban J connectivity index is 1.90. The summed E-state index contributed by atoms with van der Waals surface area (Å²) in [6, 6.07) is 0. The average Bonchev–Trinajstić information content (AvgIpc) is 2.64. The topological polar surface area (TPSA) is 76.8 Å². The van der Waals surface area contributed by atoms with Gasteiger partial charge in [0.25, 0.3) is 0 Å². The van der Waals surface area contributed by atoms with Crippen molar-refractivity contribution in [2.45, 2.75) is 25.7 Å². The molecule has 3 unspecified atom stereocenters. The maximum absolute atomic E-state index is 5.17. The van der Waals surface area contributed by atoms with E-state index in [-0.39, 0.29) is 5.96 Å². The van der Waals surface area contributed by atoms with Gasteiger partial charge in [0, 0.05) is 6.21 Å². The molecule has 4 N–H and O–H groups in total. The van der Waals surface area contributed by atoms with Gasteiger partial charge in [-0.3, -0.25) is 0 Å². The molecule has 2 fully saturated rings. The minimum atomic E-state index is 0.0411. The molecule has 72 valence electrons. The van der Waals surface area contributed by atoms with E-state index in [1.54, 1.807) is 0 Å². The van der Waals surface area contributed by atoms with Crippen LogP contribution in [0.1, 0.15) is 25.7 Å².